The molecule has 0 spiro atoms. The molecule has 0 bridgehead atoms. The SMILES string of the molecule is CC(C)C[C@H](NC(=O)C(Cc1ccccc1)N=[N+]=[N-])C(=O)N[C@@H](CC(C)C)C(=O)N[C@@H](CCCN=C(N)N)CS(=O)(=O)F. The van der Waals surface area contributed by atoms with E-state index in [1.807, 2.05) is 33.8 Å². The van der Waals surface area contributed by atoms with Crippen LogP contribution in [0.3, 0.4) is 0 Å². The van der Waals surface area contributed by atoms with E-state index in [1.54, 1.807) is 24.3 Å². The van der Waals surface area contributed by atoms with E-state index in [9.17, 15) is 26.7 Å². The summed E-state index contributed by atoms with van der Waals surface area (Å²) >= 11 is 0. The number of hydrogen-bond acceptors (Lipinski definition) is 7. The largest absolute Gasteiger partial charge is 0.370 e. The van der Waals surface area contributed by atoms with E-state index in [2.05, 4.69) is 31.0 Å². The number of benzene rings is 1. The van der Waals surface area contributed by atoms with E-state index in [0.717, 1.165) is 5.56 Å². The highest BCUT2D eigenvalue weighted by molar-refractivity contribution is 7.86. The predicted octanol–water partition coefficient (Wildman–Crippen LogP) is 1.81. The molecule has 1 aromatic rings. The number of rotatable bonds is 19. The summed E-state index contributed by atoms with van der Waals surface area (Å²) in [7, 11) is -4.94. The normalized spacial score (nSPS) is 14.1. The van der Waals surface area contributed by atoms with Gasteiger partial charge in [-0.1, -0.05) is 63.1 Å². The maximum absolute atomic E-state index is 13.6. The van der Waals surface area contributed by atoms with Crippen LogP contribution in [0.5, 0.6) is 0 Å². The molecule has 7 N–H and O–H groups in total. The van der Waals surface area contributed by atoms with Gasteiger partial charge < -0.3 is 27.4 Å². The quantitative estimate of drug-likeness (QED) is 0.0290. The molecule has 4 atom stereocenters. The molecule has 0 aliphatic heterocycles. The molecule has 0 aliphatic rings. The lowest BCUT2D eigenvalue weighted by Crippen LogP contribution is -2.56. The molecule has 3 amide bonds. The summed E-state index contributed by atoms with van der Waals surface area (Å²) in [6.45, 7) is 7.50. The molecule has 1 rings (SSSR count). The van der Waals surface area contributed by atoms with Crippen LogP contribution in [0.15, 0.2) is 40.4 Å². The highest BCUT2D eigenvalue weighted by atomic mass is 32.3. The molecule has 14 nitrogen and oxygen atoms in total. The lowest BCUT2D eigenvalue weighted by atomic mass is 9.99. The van der Waals surface area contributed by atoms with Gasteiger partial charge in [0.05, 0.1) is 0 Å². The summed E-state index contributed by atoms with van der Waals surface area (Å²) < 4.78 is 36.3. The monoisotopic (exact) mass is 625 g/mol. The van der Waals surface area contributed by atoms with Gasteiger partial charge in [0.25, 0.3) is 0 Å². The van der Waals surface area contributed by atoms with Gasteiger partial charge in [-0.25, -0.2) is 0 Å². The Bertz CT molecular complexity index is 1230. The van der Waals surface area contributed by atoms with Crippen LogP contribution in [-0.2, 0) is 31.0 Å². The number of nitrogens with one attached hydrogen (secondary N) is 3. The van der Waals surface area contributed by atoms with Crippen molar-refractivity contribution in [1.29, 1.82) is 0 Å². The van der Waals surface area contributed by atoms with Crippen LogP contribution in [0.2, 0.25) is 0 Å². The predicted molar refractivity (Wildman–Crippen MR) is 163 cm³/mol. The van der Waals surface area contributed by atoms with Crippen molar-refractivity contribution in [3.63, 3.8) is 0 Å². The molecule has 1 unspecified atom stereocenters. The first-order valence-corrected chi connectivity index (χ1v) is 15.6. The minimum Gasteiger partial charge on any atom is -0.370 e. The zero-order chi connectivity index (χ0) is 32.6. The van der Waals surface area contributed by atoms with Crippen molar-refractivity contribution in [2.45, 2.75) is 84.0 Å². The second-order valence-corrected chi connectivity index (χ2v) is 12.6. The van der Waals surface area contributed by atoms with Crippen LogP contribution in [-0.4, -0.2) is 68.6 Å². The number of hydrogen-bond donors (Lipinski definition) is 5. The standard InChI is InChI=1S/C27H44FN9O5S/c1-17(2)13-21(24(38)33-20(16-43(28,41)42)11-8-12-32-27(29)30)34-25(39)22(14-18(3)4)35-26(40)23(36-37-31)15-19-9-6-5-7-10-19/h5-7,9-10,17-18,20-23H,8,11-16H2,1-4H3,(H,33,38)(H,34,39)(H,35,40)(H4,29,30,32)/t20-,21-,22-,23?/m0/s1. The molecule has 0 saturated heterocycles. The zero-order valence-corrected chi connectivity index (χ0v) is 25.9. The van der Waals surface area contributed by atoms with Crippen molar-refractivity contribution in [2.75, 3.05) is 12.3 Å². The van der Waals surface area contributed by atoms with Gasteiger partial charge in [0.15, 0.2) is 5.96 Å². The zero-order valence-electron chi connectivity index (χ0n) is 25.1. The molecular formula is C27H44FN9O5S. The van der Waals surface area contributed by atoms with E-state index >= 15 is 0 Å². The first-order chi connectivity index (χ1) is 20.1. The average molecular weight is 626 g/mol. The van der Waals surface area contributed by atoms with Gasteiger partial charge in [-0.15, -0.1) is 3.89 Å². The summed E-state index contributed by atoms with van der Waals surface area (Å²) in [6.07, 6.45) is 0.834. The van der Waals surface area contributed by atoms with Crippen LogP contribution < -0.4 is 27.4 Å². The molecule has 0 aromatic heterocycles. The Morgan fingerprint density at radius 1 is 0.930 bits per heavy atom. The number of guanidine groups is 1. The minimum absolute atomic E-state index is 0.0372. The highest BCUT2D eigenvalue weighted by Gasteiger charge is 2.31. The summed E-state index contributed by atoms with van der Waals surface area (Å²) in [4.78, 5) is 46.4. The lowest BCUT2D eigenvalue weighted by molar-refractivity contribution is -0.133. The topological polar surface area (TPSA) is 235 Å². The average Bonchev–Trinajstić information content (AvgIpc) is 2.89. The first kappa shape index (κ1) is 37.1. The smallest absolute Gasteiger partial charge is 0.304 e. The Hall–Kier alpha value is -3.91. The molecule has 0 fully saturated rings. The number of nitrogens with zero attached hydrogens (tertiary/aromatic N) is 4. The van der Waals surface area contributed by atoms with Crippen molar-refractivity contribution in [3.05, 3.63) is 46.3 Å². The fraction of sp³-hybridized carbons (Fsp3) is 0.630. The van der Waals surface area contributed by atoms with Crippen molar-refractivity contribution in [2.24, 2.45) is 33.4 Å². The van der Waals surface area contributed by atoms with Crippen molar-refractivity contribution >= 4 is 33.9 Å². The van der Waals surface area contributed by atoms with Gasteiger partial charge >= 0.3 is 10.2 Å². The van der Waals surface area contributed by atoms with Gasteiger partial charge in [0.2, 0.25) is 17.7 Å². The van der Waals surface area contributed by atoms with Crippen LogP contribution in [0, 0.1) is 11.8 Å². The van der Waals surface area contributed by atoms with E-state index in [0.29, 0.717) is 0 Å². The third-order valence-corrected chi connectivity index (χ3v) is 7.00. The third kappa shape index (κ3) is 16.3. The number of amides is 3. The van der Waals surface area contributed by atoms with E-state index in [4.69, 9.17) is 17.0 Å². The summed E-state index contributed by atoms with van der Waals surface area (Å²) in [5.74, 6) is -3.23. The maximum atomic E-state index is 13.6. The van der Waals surface area contributed by atoms with Gasteiger partial charge in [0, 0.05) is 17.5 Å². The molecule has 1 aromatic carbocycles. The van der Waals surface area contributed by atoms with Crippen molar-refractivity contribution < 1.29 is 26.7 Å². The Morgan fingerprint density at radius 2 is 1.47 bits per heavy atom. The molecule has 0 heterocycles. The lowest BCUT2D eigenvalue weighted by Gasteiger charge is -2.27. The van der Waals surface area contributed by atoms with Gasteiger partial charge in [-0.2, -0.15) is 8.42 Å². The number of aliphatic imine (C=N–C) groups is 1. The van der Waals surface area contributed by atoms with Gasteiger partial charge in [0.1, 0.15) is 23.9 Å². The number of nitrogens with two attached hydrogens (primary N) is 2. The molecule has 240 valence electrons. The molecule has 43 heavy (non-hydrogen) atoms. The molecule has 0 radical (unpaired) electrons. The number of azide groups is 1. The number of halogens is 1. The maximum Gasteiger partial charge on any atom is 0.304 e. The van der Waals surface area contributed by atoms with Crippen LogP contribution in [0.1, 0.15) is 58.9 Å². The van der Waals surface area contributed by atoms with Crippen molar-refractivity contribution in [3.8, 4) is 0 Å². The Morgan fingerprint density at radius 3 is 1.95 bits per heavy atom. The summed E-state index contributed by atoms with van der Waals surface area (Å²) in [6, 6.07) is 4.54. The Balaban J connectivity index is 3.11. The Labute approximate surface area is 252 Å². The highest BCUT2D eigenvalue weighted by Crippen LogP contribution is 2.13. The molecular weight excluding hydrogens is 581 g/mol. The second-order valence-electron chi connectivity index (χ2n) is 11.2. The third-order valence-electron chi connectivity index (χ3n) is 6.20. The van der Waals surface area contributed by atoms with Gasteiger partial charge in [-0.05, 0) is 55.0 Å². The first-order valence-electron chi connectivity index (χ1n) is 14.1. The van der Waals surface area contributed by atoms with Crippen LogP contribution >= 0.6 is 0 Å². The fourth-order valence-corrected chi connectivity index (χ4v) is 5.05. The summed E-state index contributed by atoms with van der Waals surface area (Å²) in [5, 5.41) is 11.5. The second kappa shape index (κ2) is 18.6. The number of carbonyl (C=O) groups excluding carboxylic acids is 3. The molecule has 0 saturated carbocycles. The fourth-order valence-electron chi connectivity index (χ4n) is 4.32. The Kier molecular flexibility index (Phi) is 16.0. The summed E-state index contributed by atoms with van der Waals surface area (Å²) in [5.41, 5.74) is 20.4. The van der Waals surface area contributed by atoms with E-state index in [-0.39, 0.29) is 56.4 Å². The van der Waals surface area contributed by atoms with Crippen LogP contribution in [0.4, 0.5) is 3.89 Å². The minimum atomic E-state index is -4.94. The number of carbonyl (C=O) groups is 3. The molecule has 16 heteroatoms. The van der Waals surface area contributed by atoms with E-state index < -0.39 is 57.9 Å². The van der Waals surface area contributed by atoms with Crippen molar-refractivity contribution in [1.82, 2.24) is 16.0 Å². The van der Waals surface area contributed by atoms with Gasteiger partial charge in [-0.3, -0.25) is 19.4 Å². The van der Waals surface area contributed by atoms with E-state index in [1.165, 1.54) is 0 Å². The van der Waals surface area contributed by atoms with Crippen LogP contribution in [0.25, 0.3) is 10.4 Å². The molecule has 0 aliphatic carbocycles.